The quantitative estimate of drug-likeness (QED) is 0.538. The third-order valence-corrected chi connectivity index (χ3v) is 2.32. The number of nitrogens with zero attached hydrogens (tertiary/aromatic N) is 1. The van der Waals surface area contributed by atoms with E-state index in [2.05, 4.69) is 5.32 Å². The summed E-state index contributed by atoms with van der Waals surface area (Å²) < 4.78 is 0. The highest BCUT2D eigenvalue weighted by atomic mass is 16.4. The molecule has 0 spiro atoms. The summed E-state index contributed by atoms with van der Waals surface area (Å²) in [5.41, 5.74) is 4.98. The first kappa shape index (κ1) is 16.2. The number of carbonyl (C=O) groups excluding carboxylic acids is 2. The Balaban J connectivity index is 3.96. The lowest BCUT2D eigenvalue weighted by atomic mass is 10.2. The molecule has 0 aliphatic heterocycles. The molecule has 0 radical (unpaired) electrons. The maximum atomic E-state index is 11.7. The van der Waals surface area contributed by atoms with Gasteiger partial charge >= 0.3 is 12.0 Å². The van der Waals surface area contributed by atoms with Gasteiger partial charge in [-0.15, -0.1) is 0 Å². The normalized spacial score (nSPS) is 10.2. The molecule has 0 aromatic heterocycles. The van der Waals surface area contributed by atoms with Gasteiger partial charge in [0, 0.05) is 19.0 Å². The number of nitrogens with one attached hydrogen (secondary N) is 1. The minimum absolute atomic E-state index is 0.188. The van der Waals surface area contributed by atoms with Crippen LogP contribution in [0.1, 0.15) is 33.1 Å². The first-order valence-electron chi connectivity index (χ1n) is 5.89. The molecule has 7 nitrogen and oxygen atoms in total. The van der Waals surface area contributed by atoms with Gasteiger partial charge in [0.15, 0.2) is 0 Å². The fourth-order valence-corrected chi connectivity index (χ4v) is 1.36. The van der Waals surface area contributed by atoms with E-state index in [0.29, 0.717) is 25.8 Å². The van der Waals surface area contributed by atoms with Gasteiger partial charge in [-0.05, 0) is 26.7 Å². The first-order valence-corrected chi connectivity index (χ1v) is 5.89. The third kappa shape index (κ3) is 7.48. The Kier molecular flexibility index (Phi) is 7.50. The predicted octanol–water partition coefficient (Wildman–Crippen LogP) is 0.147. The lowest BCUT2D eigenvalue weighted by Gasteiger charge is -2.25. The van der Waals surface area contributed by atoms with Crippen molar-refractivity contribution in [2.75, 3.05) is 13.1 Å². The number of carboxylic acids is 1. The number of urea groups is 1. The summed E-state index contributed by atoms with van der Waals surface area (Å²) in [6.07, 6.45) is 1.53. The molecule has 0 aliphatic carbocycles. The highest BCUT2D eigenvalue weighted by molar-refractivity contribution is 5.80. The minimum Gasteiger partial charge on any atom is -0.480 e. The van der Waals surface area contributed by atoms with Crippen LogP contribution in [0.3, 0.4) is 0 Å². The van der Waals surface area contributed by atoms with E-state index in [0.717, 1.165) is 0 Å². The summed E-state index contributed by atoms with van der Waals surface area (Å²) in [5.74, 6) is -1.41. The summed E-state index contributed by atoms with van der Waals surface area (Å²) in [5, 5.41) is 11.3. The second kappa shape index (κ2) is 8.32. The van der Waals surface area contributed by atoms with Crippen LogP contribution in [0.4, 0.5) is 4.79 Å². The largest absolute Gasteiger partial charge is 0.480 e. The van der Waals surface area contributed by atoms with E-state index in [9.17, 15) is 14.4 Å². The summed E-state index contributed by atoms with van der Waals surface area (Å²) >= 11 is 0. The molecule has 104 valence electrons. The Morgan fingerprint density at radius 1 is 1.28 bits per heavy atom. The molecule has 0 unspecified atom stereocenters. The lowest BCUT2D eigenvalue weighted by Crippen LogP contribution is -2.46. The summed E-state index contributed by atoms with van der Waals surface area (Å²) in [6, 6.07) is -0.599. The first-order chi connectivity index (χ1) is 8.34. The number of hydrogen-bond donors (Lipinski definition) is 3. The predicted molar refractivity (Wildman–Crippen MR) is 65.9 cm³/mol. The number of nitrogens with two attached hydrogens (primary N) is 1. The fraction of sp³-hybridized carbons (Fsp3) is 0.727. The van der Waals surface area contributed by atoms with E-state index < -0.39 is 12.0 Å². The van der Waals surface area contributed by atoms with Crippen molar-refractivity contribution in [3.05, 3.63) is 0 Å². The van der Waals surface area contributed by atoms with E-state index in [1.54, 1.807) is 13.8 Å². The topological polar surface area (TPSA) is 113 Å². The maximum Gasteiger partial charge on any atom is 0.323 e. The zero-order valence-electron chi connectivity index (χ0n) is 10.8. The highest BCUT2D eigenvalue weighted by Gasteiger charge is 2.18. The lowest BCUT2D eigenvalue weighted by molar-refractivity contribution is -0.138. The SMILES string of the molecule is CC(C)N(CC(=O)O)C(=O)NCCCCC(N)=O. The second-order valence-electron chi connectivity index (χ2n) is 4.27. The molecule has 0 bridgehead atoms. The van der Waals surface area contributed by atoms with E-state index in [1.165, 1.54) is 4.90 Å². The van der Waals surface area contributed by atoms with Crippen molar-refractivity contribution >= 4 is 17.9 Å². The van der Waals surface area contributed by atoms with Gasteiger partial charge < -0.3 is 21.1 Å². The second-order valence-corrected chi connectivity index (χ2v) is 4.27. The monoisotopic (exact) mass is 259 g/mol. The van der Waals surface area contributed by atoms with Gasteiger partial charge in [-0.3, -0.25) is 9.59 Å². The van der Waals surface area contributed by atoms with Crippen LogP contribution < -0.4 is 11.1 Å². The van der Waals surface area contributed by atoms with Crippen LogP contribution >= 0.6 is 0 Å². The van der Waals surface area contributed by atoms with Gasteiger partial charge in [-0.2, -0.15) is 0 Å². The van der Waals surface area contributed by atoms with Crippen LogP contribution in [0, 0.1) is 0 Å². The van der Waals surface area contributed by atoms with E-state index in [1.807, 2.05) is 0 Å². The van der Waals surface area contributed by atoms with Gasteiger partial charge in [0.25, 0.3) is 0 Å². The molecule has 0 saturated heterocycles. The number of carbonyl (C=O) groups is 3. The standard InChI is InChI=1S/C11H21N3O4/c1-8(2)14(7-10(16)17)11(18)13-6-4-3-5-9(12)15/h8H,3-7H2,1-2H3,(H2,12,15)(H,13,18)(H,16,17). The van der Waals surface area contributed by atoms with Gasteiger partial charge in [0.05, 0.1) is 0 Å². The van der Waals surface area contributed by atoms with Crippen molar-refractivity contribution in [2.24, 2.45) is 5.73 Å². The van der Waals surface area contributed by atoms with Gasteiger partial charge in [0.2, 0.25) is 5.91 Å². The van der Waals surface area contributed by atoms with Gasteiger partial charge in [-0.25, -0.2) is 4.79 Å². The van der Waals surface area contributed by atoms with Crippen molar-refractivity contribution < 1.29 is 19.5 Å². The van der Waals surface area contributed by atoms with Crippen molar-refractivity contribution in [2.45, 2.75) is 39.2 Å². The molecule has 3 amide bonds. The molecule has 0 aromatic carbocycles. The van der Waals surface area contributed by atoms with E-state index in [-0.39, 0.29) is 18.5 Å². The molecular weight excluding hydrogens is 238 g/mol. The molecule has 0 heterocycles. The Hall–Kier alpha value is -1.79. The molecule has 0 aromatic rings. The van der Waals surface area contributed by atoms with E-state index >= 15 is 0 Å². The highest BCUT2D eigenvalue weighted by Crippen LogP contribution is 1.99. The van der Waals surface area contributed by atoms with Gasteiger partial charge in [-0.1, -0.05) is 0 Å². The van der Waals surface area contributed by atoms with Gasteiger partial charge in [0.1, 0.15) is 6.54 Å². The smallest absolute Gasteiger partial charge is 0.323 e. The zero-order chi connectivity index (χ0) is 14.1. The number of rotatable bonds is 8. The molecule has 18 heavy (non-hydrogen) atoms. The summed E-state index contributed by atoms with van der Waals surface area (Å²) in [7, 11) is 0. The maximum absolute atomic E-state index is 11.7. The van der Waals surface area contributed by atoms with Crippen LogP contribution in [-0.2, 0) is 9.59 Å². The fourth-order valence-electron chi connectivity index (χ4n) is 1.36. The molecule has 0 fully saturated rings. The average Bonchev–Trinajstić information content (AvgIpc) is 2.24. The molecule has 0 saturated carbocycles. The Morgan fingerprint density at radius 3 is 2.33 bits per heavy atom. The minimum atomic E-state index is -1.05. The number of hydrogen-bond acceptors (Lipinski definition) is 3. The summed E-state index contributed by atoms with van der Waals surface area (Å²) in [4.78, 5) is 34.0. The molecule has 4 N–H and O–H groups in total. The van der Waals surface area contributed by atoms with Crippen molar-refractivity contribution in [3.8, 4) is 0 Å². The Bertz CT molecular complexity index is 305. The number of primary amides is 1. The van der Waals surface area contributed by atoms with Crippen LogP contribution in [0.2, 0.25) is 0 Å². The number of unbranched alkanes of at least 4 members (excludes halogenated alkanes) is 1. The van der Waals surface area contributed by atoms with Crippen LogP contribution in [-0.4, -0.2) is 47.0 Å². The molecule has 0 aliphatic rings. The Morgan fingerprint density at radius 2 is 1.89 bits per heavy atom. The zero-order valence-corrected chi connectivity index (χ0v) is 10.8. The molecule has 0 atom stereocenters. The van der Waals surface area contributed by atoms with Crippen LogP contribution in [0.15, 0.2) is 0 Å². The van der Waals surface area contributed by atoms with Crippen molar-refractivity contribution in [1.82, 2.24) is 10.2 Å². The third-order valence-electron chi connectivity index (χ3n) is 2.32. The number of carboxylic acid groups (broad SMARTS) is 1. The van der Waals surface area contributed by atoms with Crippen LogP contribution in [0.25, 0.3) is 0 Å². The average molecular weight is 259 g/mol. The molecular formula is C11H21N3O4. The molecule has 7 heteroatoms. The van der Waals surface area contributed by atoms with Crippen LogP contribution in [0.5, 0.6) is 0 Å². The number of amides is 3. The Labute approximate surface area is 106 Å². The summed E-state index contributed by atoms with van der Waals surface area (Å²) in [6.45, 7) is 3.56. The van der Waals surface area contributed by atoms with E-state index in [4.69, 9.17) is 10.8 Å². The van der Waals surface area contributed by atoms with Crippen molar-refractivity contribution in [1.29, 1.82) is 0 Å². The number of aliphatic carboxylic acids is 1. The van der Waals surface area contributed by atoms with Crippen molar-refractivity contribution in [3.63, 3.8) is 0 Å². The molecule has 0 rings (SSSR count).